The summed E-state index contributed by atoms with van der Waals surface area (Å²) in [5.41, 5.74) is 0. The van der Waals surface area contributed by atoms with Crippen molar-refractivity contribution in [2.24, 2.45) is 0 Å². The van der Waals surface area contributed by atoms with E-state index in [1.54, 1.807) is 0 Å². The lowest BCUT2D eigenvalue weighted by atomic mass is 10.4. The summed E-state index contributed by atoms with van der Waals surface area (Å²) < 4.78 is 29.1. The molecule has 0 N–H and O–H groups in total. The second-order valence-corrected chi connectivity index (χ2v) is 4.75. The molecule has 0 aliphatic carbocycles. The van der Waals surface area contributed by atoms with Gasteiger partial charge < -0.3 is 28.4 Å². The van der Waals surface area contributed by atoms with Crippen molar-refractivity contribution in [3.05, 3.63) is 37.6 Å². The van der Waals surface area contributed by atoms with Crippen LogP contribution in [0.5, 0.6) is 0 Å². The van der Waals surface area contributed by atoms with Crippen LogP contribution in [0.1, 0.15) is 6.42 Å². The lowest BCUT2D eigenvalue weighted by molar-refractivity contribution is -0.150. The van der Waals surface area contributed by atoms with Crippen molar-refractivity contribution in [2.45, 2.75) is 6.42 Å². The molecule has 0 aliphatic rings. The van der Waals surface area contributed by atoms with E-state index in [9.17, 15) is 19.2 Å². The number of hydrogen-bond donors (Lipinski definition) is 0. The van der Waals surface area contributed by atoms with E-state index in [-0.39, 0.29) is 52.7 Å². The van der Waals surface area contributed by atoms with Gasteiger partial charge in [-0.25, -0.2) is 14.4 Å². The van der Waals surface area contributed by atoms with Gasteiger partial charge in [0.05, 0.1) is 32.8 Å². The molecule has 0 amide bonds. The third-order valence-corrected chi connectivity index (χ3v) is 2.66. The van der Waals surface area contributed by atoms with Crippen LogP contribution in [0.2, 0.25) is 0 Å². The highest BCUT2D eigenvalue weighted by atomic mass is 16.6. The molecule has 28 heavy (non-hydrogen) atoms. The Balaban J connectivity index is 3.47. The molecule has 10 nitrogen and oxygen atoms in total. The van der Waals surface area contributed by atoms with Gasteiger partial charge in [0.25, 0.3) is 0 Å². The van der Waals surface area contributed by atoms with Gasteiger partial charge in [-0.05, 0) is 6.58 Å². The first-order valence-corrected chi connectivity index (χ1v) is 8.21. The van der Waals surface area contributed by atoms with Crippen molar-refractivity contribution in [2.75, 3.05) is 46.2 Å². The molecule has 0 saturated heterocycles. The van der Waals surface area contributed by atoms with Crippen LogP contribution in [0.25, 0.3) is 0 Å². The lowest BCUT2D eigenvalue weighted by Gasteiger charge is -2.08. The second kappa shape index (κ2) is 16.2. The third kappa shape index (κ3) is 14.2. The Morgan fingerprint density at radius 1 is 0.679 bits per heavy atom. The number of ether oxygens (including phenoxy) is 6. The van der Waals surface area contributed by atoms with Crippen LogP contribution in [-0.2, 0) is 47.6 Å². The van der Waals surface area contributed by atoms with E-state index in [1.807, 2.05) is 0 Å². The lowest BCUT2D eigenvalue weighted by Crippen LogP contribution is -2.17. The number of carbonyl (C=O) groups excluding carboxylic acids is 4. The summed E-state index contributed by atoms with van der Waals surface area (Å²) in [6.45, 7) is 10.3. The topological polar surface area (TPSA) is 124 Å². The van der Waals surface area contributed by atoms with Crippen LogP contribution < -0.4 is 0 Å². The molecule has 0 aromatic rings. The van der Waals surface area contributed by atoms with Crippen molar-refractivity contribution in [1.29, 1.82) is 0 Å². The van der Waals surface area contributed by atoms with Gasteiger partial charge in [0.15, 0.2) is 0 Å². The Labute approximate surface area is 162 Å². The Bertz CT molecular complexity index is 567. The van der Waals surface area contributed by atoms with Crippen molar-refractivity contribution >= 4 is 23.9 Å². The normalized spacial score (nSPS) is 9.71. The van der Waals surface area contributed by atoms with Gasteiger partial charge in [0.2, 0.25) is 5.76 Å². The fraction of sp³-hybridized carbons (Fsp3) is 0.444. The van der Waals surface area contributed by atoms with Gasteiger partial charge in [0, 0.05) is 12.2 Å². The molecule has 0 fully saturated rings. The molecule has 0 aliphatic heterocycles. The highest BCUT2D eigenvalue weighted by molar-refractivity contribution is 5.91. The van der Waals surface area contributed by atoms with E-state index in [0.29, 0.717) is 0 Å². The second-order valence-electron chi connectivity index (χ2n) is 4.75. The van der Waals surface area contributed by atoms with Gasteiger partial charge in [0.1, 0.15) is 19.8 Å². The van der Waals surface area contributed by atoms with Crippen molar-refractivity contribution in [3.63, 3.8) is 0 Å². The van der Waals surface area contributed by atoms with Crippen LogP contribution in [0.15, 0.2) is 37.6 Å². The molecule has 0 radical (unpaired) electrons. The molecule has 0 bridgehead atoms. The maximum Gasteiger partial charge on any atom is 0.373 e. The maximum absolute atomic E-state index is 11.4. The van der Waals surface area contributed by atoms with Gasteiger partial charge in [-0.2, -0.15) is 0 Å². The monoisotopic (exact) mass is 400 g/mol. The van der Waals surface area contributed by atoms with Crippen molar-refractivity contribution in [3.8, 4) is 0 Å². The van der Waals surface area contributed by atoms with Gasteiger partial charge >= 0.3 is 23.9 Å². The highest BCUT2D eigenvalue weighted by Gasteiger charge is 2.12. The van der Waals surface area contributed by atoms with Crippen LogP contribution in [0, 0.1) is 0 Å². The van der Waals surface area contributed by atoms with Gasteiger partial charge in [-0.3, -0.25) is 4.79 Å². The summed E-state index contributed by atoms with van der Waals surface area (Å²) >= 11 is 0. The van der Waals surface area contributed by atoms with E-state index in [0.717, 1.165) is 12.2 Å². The minimum atomic E-state index is -0.879. The first-order chi connectivity index (χ1) is 13.4. The average Bonchev–Trinajstić information content (AvgIpc) is 2.68. The first kappa shape index (κ1) is 25.0. The van der Waals surface area contributed by atoms with Crippen LogP contribution >= 0.6 is 0 Å². The Kier molecular flexibility index (Phi) is 14.5. The quantitative estimate of drug-likeness (QED) is 0.119. The van der Waals surface area contributed by atoms with Crippen molar-refractivity contribution < 1.29 is 47.6 Å². The number of rotatable bonds is 16. The molecule has 0 saturated carbocycles. The van der Waals surface area contributed by atoms with E-state index in [1.165, 1.54) is 0 Å². The van der Waals surface area contributed by atoms with Crippen LogP contribution in [0.3, 0.4) is 0 Å². The predicted molar refractivity (Wildman–Crippen MR) is 94.8 cm³/mol. The molecule has 0 heterocycles. The average molecular weight is 400 g/mol. The zero-order valence-corrected chi connectivity index (χ0v) is 15.5. The number of carbonyl (C=O) groups is 4. The minimum Gasteiger partial charge on any atom is -0.463 e. The van der Waals surface area contributed by atoms with E-state index < -0.39 is 29.6 Å². The number of hydrogen-bond acceptors (Lipinski definition) is 10. The summed E-state index contributed by atoms with van der Waals surface area (Å²) in [5, 5.41) is 0. The van der Waals surface area contributed by atoms with Gasteiger partial charge in [-0.1, -0.05) is 13.2 Å². The standard InChI is InChI=1S/C18H24O10/c1-4-15(19)25-7-6-17(21)26-12-10-23-8-9-24-11-13-27-18(22)14(3)28-16(20)5-2/h4-5H,1-3,6-13H2. The summed E-state index contributed by atoms with van der Waals surface area (Å²) in [7, 11) is 0. The fourth-order valence-corrected chi connectivity index (χ4v) is 1.38. The summed E-state index contributed by atoms with van der Waals surface area (Å²) in [6.07, 6.45) is 1.84. The summed E-state index contributed by atoms with van der Waals surface area (Å²) in [5.74, 6) is -3.25. The molecule has 0 atom stereocenters. The van der Waals surface area contributed by atoms with E-state index in [4.69, 9.17) is 18.9 Å². The predicted octanol–water partition coefficient (Wildman–Crippen LogP) is 0.468. The zero-order valence-electron chi connectivity index (χ0n) is 15.5. The molecule has 0 aromatic carbocycles. The molecular formula is C18H24O10. The molecule has 156 valence electrons. The fourth-order valence-electron chi connectivity index (χ4n) is 1.38. The van der Waals surface area contributed by atoms with E-state index >= 15 is 0 Å². The van der Waals surface area contributed by atoms with Gasteiger partial charge in [-0.15, -0.1) is 0 Å². The largest absolute Gasteiger partial charge is 0.463 e. The SMILES string of the molecule is C=CC(=O)OCCC(=O)OCCOCCOCCOC(=O)C(=C)OC(=O)C=C. The van der Waals surface area contributed by atoms with E-state index in [2.05, 4.69) is 29.2 Å². The number of esters is 4. The molecule has 0 aromatic heterocycles. The highest BCUT2D eigenvalue weighted by Crippen LogP contribution is 1.98. The third-order valence-electron chi connectivity index (χ3n) is 2.66. The van der Waals surface area contributed by atoms with Crippen LogP contribution in [0.4, 0.5) is 0 Å². The Hall–Kier alpha value is -2.98. The Morgan fingerprint density at radius 2 is 1.21 bits per heavy atom. The minimum absolute atomic E-state index is 0.0530. The molecule has 0 unspecified atom stereocenters. The summed E-state index contributed by atoms with van der Waals surface area (Å²) in [6, 6.07) is 0. The Morgan fingerprint density at radius 3 is 1.79 bits per heavy atom. The summed E-state index contributed by atoms with van der Waals surface area (Å²) in [4.78, 5) is 44.3. The molecule has 10 heteroatoms. The maximum atomic E-state index is 11.4. The molecule has 0 rings (SSSR count). The zero-order chi connectivity index (χ0) is 21.2. The smallest absolute Gasteiger partial charge is 0.373 e. The molecule has 0 spiro atoms. The molecular weight excluding hydrogens is 376 g/mol. The van der Waals surface area contributed by atoms with Crippen LogP contribution in [-0.4, -0.2) is 70.1 Å². The van der Waals surface area contributed by atoms with Crippen molar-refractivity contribution in [1.82, 2.24) is 0 Å². The first-order valence-electron chi connectivity index (χ1n) is 8.21.